The molecular formula is C13H12N4S2. The van der Waals surface area contributed by atoms with Gasteiger partial charge in [-0.3, -0.25) is 4.98 Å². The molecule has 0 saturated carbocycles. The minimum absolute atomic E-state index is 0.777. The molecule has 4 rings (SSSR count). The lowest BCUT2D eigenvalue weighted by Crippen LogP contribution is -1.97. The lowest BCUT2D eigenvalue weighted by molar-refractivity contribution is 0.917. The van der Waals surface area contributed by atoms with Crippen molar-refractivity contribution in [3.63, 3.8) is 0 Å². The molecule has 0 bridgehead atoms. The molecule has 96 valence electrons. The van der Waals surface area contributed by atoms with Gasteiger partial charge in [-0.1, -0.05) is 0 Å². The normalized spacial score (nSPS) is 13.9. The van der Waals surface area contributed by atoms with Crippen molar-refractivity contribution in [2.45, 2.75) is 19.3 Å². The largest absolute Gasteiger partial charge is 0.372 e. The zero-order valence-corrected chi connectivity index (χ0v) is 12.1. The first-order valence-electron chi connectivity index (χ1n) is 6.25. The average Bonchev–Trinajstić information content (AvgIpc) is 3.13. The highest BCUT2D eigenvalue weighted by Gasteiger charge is 2.22. The van der Waals surface area contributed by atoms with Crippen LogP contribution in [0.4, 0.5) is 5.82 Å². The van der Waals surface area contributed by atoms with Crippen LogP contribution in [-0.4, -0.2) is 22.0 Å². The standard InChI is InChI=1S/C13H12N4S2/c1-14-12-10-7-3-2-4-8(7)19-13(10)17-11(16-12)9-5-15-6-18-9/h5-6H,2-4H2,1H3,(H,14,16,17). The number of anilines is 1. The number of aryl methyl sites for hydroxylation is 2. The number of nitrogens with one attached hydrogen (secondary N) is 1. The van der Waals surface area contributed by atoms with E-state index in [1.54, 1.807) is 11.3 Å². The van der Waals surface area contributed by atoms with Gasteiger partial charge < -0.3 is 5.32 Å². The fraction of sp³-hybridized carbons (Fsp3) is 0.308. The van der Waals surface area contributed by atoms with Crippen LogP contribution in [0.25, 0.3) is 20.9 Å². The molecule has 0 fully saturated rings. The van der Waals surface area contributed by atoms with Crippen molar-refractivity contribution in [1.29, 1.82) is 0 Å². The number of thiazole rings is 1. The van der Waals surface area contributed by atoms with E-state index in [0.717, 1.165) is 27.8 Å². The third kappa shape index (κ3) is 1.67. The van der Waals surface area contributed by atoms with Crippen LogP contribution >= 0.6 is 22.7 Å². The van der Waals surface area contributed by atoms with Gasteiger partial charge in [-0.15, -0.1) is 22.7 Å². The molecule has 0 amide bonds. The zero-order chi connectivity index (χ0) is 12.8. The summed E-state index contributed by atoms with van der Waals surface area (Å²) in [6, 6.07) is 0. The van der Waals surface area contributed by atoms with Crippen LogP contribution in [0.5, 0.6) is 0 Å². The Morgan fingerprint density at radius 2 is 2.21 bits per heavy atom. The van der Waals surface area contributed by atoms with Gasteiger partial charge in [0.1, 0.15) is 10.6 Å². The van der Waals surface area contributed by atoms with Crippen LogP contribution in [0, 0.1) is 0 Å². The van der Waals surface area contributed by atoms with Gasteiger partial charge in [0.2, 0.25) is 0 Å². The van der Waals surface area contributed by atoms with Crippen LogP contribution in [0.1, 0.15) is 16.9 Å². The van der Waals surface area contributed by atoms with Gasteiger partial charge >= 0.3 is 0 Å². The number of hydrogen-bond donors (Lipinski definition) is 1. The topological polar surface area (TPSA) is 50.7 Å². The van der Waals surface area contributed by atoms with E-state index in [9.17, 15) is 0 Å². The van der Waals surface area contributed by atoms with E-state index in [1.807, 2.05) is 30.1 Å². The molecule has 19 heavy (non-hydrogen) atoms. The first-order chi connectivity index (χ1) is 9.36. The summed E-state index contributed by atoms with van der Waals surface area (Å²) in [6.07, 6.45) is 5.44. The van der Waals surface area contributed by atoms with Crippen molar-refractivity contribution < 1.29 is 0 Å². The molecule has 6 heteroatoms. The highest BCUT2D eigenvalue weighted by atomic mass is 32.1. The number of hydrogen-bond acceptors (Lipinski definition) is 6. The van der Waals surface area contributed by atoms with Gasteiger partial charge in [0.05, 0.1) is 15.8 Å². The molecular weight excluding hydrogens is 276 g/mol. The van der Waals surface area contributed by atoms with E-state index in [4.69, 9.17) is 4.98 Å². The van der Waals surface area contributed by atoms with Crippen molar-refractivity contribution in [3.05, 3.63) is 22.1 Å². The average molecular weight is 288 g/mol. The van der Waals surface area contributed by atoms with E-state index < -0.39 is 0 Å². The predicted molar refractivity (Wildman–Crippen MR) is 80.1 cm³/mol. The molecule has 0 spiro atoms. The second-order valence-corrected chi connectivity index (χ2v) is 6.52. The van der Waals surface area contributed by atoms with E-state index in [0.29, 0.717) is 0 Å². The molecule has 0 unspecified atom stereocenters. The summed E-state index contributed by atoms with van der Waals surface area (Å²) >= 11 is 3.40. The van der Waals surface area contributed by atoms with Crippen molar-refractivity contribution in [1.82, 2.24) is 15.0 Å². The van der Waals surface area contributed by atoms with Crippen LogP contribution < -0.4 is 5.32 Å². The Morgan fingerprint density at radius 3 is 3.00 bits per heavy atom. The summed E-state index contributed by atoms with van der Waals surface area (Å²) in [4.78, 5) is 17.1. The van der Waals surface area contributed by atoms with E-state index >= 15 is 0 Å². The zero-order valence-electron chi connectivity index (χ0n) is 10.4. The molecule has 3 heterocycles. The molecule has 3 aromatic rings. The first kappa shape index (κ1) is 11.3. The fourth-order valence-electron chi connectivity index (χ4n) is 2.61. The molecule has 1 aliphatic carbocycles. The summed E-state index contributed by atoms with van der Waals surface area (Å²) < 4.78 is 0. The Hall–Kier alpha value is -1.53. The molecule has 1 N–H and O–H groups in total. The van der Waals surface area contributed by atoms with Crippen molar-refractivity contribution in [2.75, 3.05) is 12.4 Å². The SMILES string of the molecule is CNc1nc(-c2cncs2)nc2sc3c(c12)CCC3. The number of rotatable bonds is 2. The molecule has 1 aliphatic rings. The summed E-state index contributed by atoms with van der Waals surface area (Å²) in [5.41, 5.74) is 3.27. The van der Waals surface area contributed by atoms with E-state index in [1.165, 1.54) is 28.7 Å². The predicted octanol–water partition coefficient (Wildman–Crippen LogP) is 3.35. The quantitative estimate of drug-likeness (QED) is 0.785. The van der Waals surface area contributed by atoms with Gasteiger partial charge in [-0.25, -0.2) is 9.97 Å². The van der Waals surface area contributed by atoms with Gasteiger partial charge in [0, 0.05) is 18.1 Å². The van der Waals surface area contributed by atoms with Gasteiger partial charge in [0.15, 0.2) is 5.82 Å². The summed E-state index contributed by atoms with van der Waals surface area (Å²) in [5, 5.41) is 4.46. The summed E-state index contributed by atoms with van der Waals surface area (Å²) in [6.45, 7) is 0. The lowest BCUT2D eigenvalue weighted by atomic mass is 10.2. The van der Waals surface area contributed by atoms with Gasteiger partial charge in [-0.2, -0.15) is 0 Å². The van der Waals surface area contributed by atoms with Crippen molar-refractivity contribution in [2.24, 2.45) is 0 Å². The number of nitrogens with zero attached hydrogens (tertiary/aromatic N) is 3. The first-order valence-corrected chi connectivity index (χ1v) is 7.95. The minimum Gasteiger partial charge on any atom is -0.372 e. The van der Waals surface area contributed by atoms with Gasteiger partial charge in [0.25, 0.3) is 0 Å². The van der Waals surface area contributed by atoms with Crippen molar-refractivity contribution in [3.8, 4) is 10.7 Å². The molecule has 0 saturated heterocycles. The molecule has 0 aromatic carbocycles. The molecule has 3 aromatic heterocycles. The smallest absolute Gasteiger partial charge is 0.174 e. The maximum absolute atomic E-state index is 4.73. The Balaban J connectivity index is 2.01. The fourth-order valence-corrected chi connectivity index (χ4v) is 4.43. The van der Waals surface area contributed by atoms with E-state index in [2.05, 4.69) is 15.3 Å². The maximum Gasteiger partial charge on any atom is 0.174 e. The van der Waals surface area contributed by atoms with Crippen LogP contribution in [0.3, 0.4) is 0 Å². The monoisotopic (exact) mass is 288 g/mol. The molecule has 4 nitrogen and oxygen atoms in total. The Labute approximate surface area is 118 Å². The summed E-state index contributed by atoms with van der Waals surface area (Å²) in [7, 11) is 1.93. The summed E-state index contributed by atoms with van der Waals surface area (Å²) in [5.74, 6) is 1.73. The second kappa shape index (κ2) is 4.25. The molecule has 0 atom stereocenters. The maximum atomic E-state index is 4.73. The van der Waals surface area contributed by atoms with Crippen LogP contribution in [-0.2, 0) is 12.8 Å². The van der Waals surface area contributed by atoms with Gasteiger partial charge in [-0.05, 0) is 24.8 Å². The highest BCUT2D eigenvalue weighted by molar-refractivity contribution is 7.19. The third-order valence-electron chi connectivity index (χ3n) is 3.45. The Kier molecular flexibility index (Phi) is 2.53. The number of thiophene rings is 1. The third-order valence-corrected chi connectivity index (χ3v) is 5.41. The lowest BCUT2D eigenvalue weighted by Gasteiger charge is -2.05. The number of aromatic nitrogens is 3. The molecule has 0 aliphatic heterocycles. The Morgan fingerprint density at radius 1 is 1.26 bits per heavy atom. The highest BCUT2D eigenvalue weighted by Crippen LogP contribution is 2.40. The van der Waals surface area contributed by atoms with Crippen LogP contribution in [0.2, 0.25) is 0 Å². The van der Waals surface area contributed by atoms with E-state index in [-0.39, 0.29) is 0 Å². The van der Waals surface area contributed by atoms with Crippen molar-refractivity contribution >= 4 is 38.7 Å². The molecule has 0 radical (unpaired) electrons. The van der Waals surface area contributed by atoms with Crippen LogP contribution in [0.15, 0.2) is 11.7 Å². The Bertz CT molecular complexity index is 746. The minimum atomic E-state index is 0.777. The number of fused-ring (bicyclic) bond motifs is 3. The second-order valence-electron chi connectivity index (χ2n) is 4.55.